The van der Waals surface area contributed by atoms with Crippen molar-refractivity contribution in [3.05, 3.63) is 88.7 Å². The summed E-state index contributed by atoms with van der Waals surface area (Å²) in [5, 5.41) is 9.60. The summed E-state index contributed by atoms with van der Waals surface area (Å²) in [5.74, 6) is 0.862. The number of aliphatic hydroxyl groups is 1. The number of aliphatic hydroxyl groups excluding tert-OH is 1. The van der Waals surface area contributed by atoms with Gasteiger partial charge in [0.1, 0.15) is 0 Å². The van der Waals surface area contributed by atoms with Gasteiger partial charge in [-0.25, -0.2) is 0 Å². The molecular weight excluding hydrogens is 360 g/mol. The molecule has 4 heteroatoms. The number of rotatable bonds is 5. The Hall–Kier alpha value is 0.171. The predicted octanol–water partition coefficient (Wildman–Crippen LogP) is 4.97. The van der Waals surface area contributed by atoms with E-state index >= 15 is 0 Å². The summed E-state index contributed by atoms with van der Waals surface area (Å²) in [4.78, 5) is 0. The van der Waals surface area contributed by atoms with E-state index in [0.29, 0.717) is 0 Å². The van der Waals surface area contributed by atoms with Crippen LogP contribution in [0.5, 0.6) is 0 Å². The zero-order valence-corrected chi connectivity index (χ0v) is 18.7. The zero-order valence-electron chi connectivity index (χ0n) is 16.1. The number of hydrogen-bond acceptors (Lipinski definition) is 2. The van der Waals surface area contributed by atoms with Crippen molar-refractivity contribution >= 4 is 8.32 Å². The van der Waals surface area contributed by atoms with Gasteiger partial charge in [0, 0.05) is 5.92 Å². The Labute approximate surface area is 173 Å². The van der Waals surface area contributed by atoms with E-state index in [4.69, 9.17) is 4.43 Å². The van der Waals surface area contributed by atoms with E-state index in [0.717, 1.165) is 5.76 Å². The zero-order chi connectivity index (χ0) is 18.4. The molecule has 134 valence electrons. The fraction of sp³-hybridized carbons (Fsp3) is 0.333. The van der Waals surface area contributed by atoms with Gasteiger partial charge in [-0.2, -0.15) is 0 Å². The van der Waals surface area contributed by atoms with E-state index < -0.39 is 14.4 Å². The number of hydrogen-bond donors (Lipinski definition) is 1. The first-order valence-electron chi connectivity index (χ1n) is 8.31. The van der Waals surface area contributed by atoms with Crippen LogP contribution in [0, 0.1) is 70.1 Å². The first-order valence-corrected chi connectivity index (χ1v) is 11.7. The van der Waals surface area contributed by atoms with Gasteiger partial charge in [0.2, 0.25) is 8.32 Å². The van der Waals surface area contributed by atoms with Crippen molar-refractivity contribution < 1.29 is 31.3 Å². The summed E-state index contributed by atoms with van der Waals surface area (Å²) in [6.07, 6.45) is 22.9. The molecule has 0 bridgehead atoms. The Balaban J connectivity index is 0. The van der Waals surface area contributed by atoms with Crippen LogP contribution < -0.4 is 0 Å². The topological polar surface area (TPSA) is 29.5 Å². The summed E-state index contributed by atoms with van der Waals surface area (Å²) >= 11 is 0. The Bertz CT molecular complexity index is 317. The van der Waals surface area contributed by atoms with Crippen LogP contribution in [0.1, 0.15) is 13.8 Å². The molecule has 0 aromatic carbocycles. The minimum absolute atomic E-state index is 0. The molecule has 0 heterocycles. The molecule has 2 aliphatic carbocycles. The molecule has 0 aliphatic heterocycles. The van der Waals surface area contributed by atoms with Crippen molar-refractivity contribution in [2.45, 2.75) is 39.6 Å². The molecule has 0 aromatic heterocycles. The molecule has 0 saturated heterocycles. The van der Waals surface area contributed by atoms with Gasteiger partial charge in [-0.15, -0.1) is 6.58 Å². The fourth-order valence-electron chi connectivity index (χ4n) is 1.78. The third-order valence-corrected chi connectivity index (χ3v) is 3.87. The normalized spacial score (nSPS) is 19.4. The maximum atomic E-state index is 9.60. The van der Waals surface area contributed by atoms with Crippen molar-refractivity contribution in [1.29, 1.82) is 0 Å². The Morgan fingerprint density at radius 1 is 0.920 bits per heavy atom. The average molecular weight is 392 g/mol. The van der Waals surface area contributed by atoms with Gasteiger partial charge in [0.15, 0.2) is 0 Å². The van der Waals surface area contributed by atoms with Crippen LogP contribution in [0.2, 0.25) is 19.6 Å². The molecule has 2 saturated carbocycles. The summed E-state index contributed by atoms with van der Waals surface area (Å²) in [6, 6.07) is 0. The Morgan fingerprint density at radius 2 is 1.24 bits per heavy atom. The van der Waals surface area contributed by atoms with E-state index in [1.54, 1.807) is 6.08 Å². The van der Waals surface area contributed by atoms with Gasteiger partial charge in [0.25, 0.3) is 0 Å². The van der Waals surface area contributed by atoms with Crippen LogP contribution in [-0.2, 0) is 26.1 Å². The van der Waals surface area contributed by atoms with Crippen LogP contribution in [-0.4, -0.2) is 19.5 Å². The minimum Gasteiger partial charge on any atom is -0.547 e. The minimum atomic E-state index is -1.58. The fourth-order valence-corrected chi connectivity index (χ4v) is 2.79. The van der Waals surface area contributed by atoms with E-state index in [2.05, 4.69) is 26.2 Å². The first-order chi connectivity index (χ1) is 11.3. The second-order valence-electron chi connectivity index (χ2n) is 6.34. The van der Waals surface area contributed by atoms with Crippen LogP contribution >= 0.6 is 0 Å². The predicted molar refractivity (Wildman–Crippen MR) is 107 cm³/mol. The molecule has 0 unspecified atom stereocenters. The molecule has 25 heavy (non-hydrogen) atoms. The monoisotopic (exact) mass is 392 g/mol. The van der Waals surface area contributed by atoms with Crippen LogP contribution in [0.3, 0.4) is 0 Å². The van der Waals surface area contributed by atoms with Crippen LogP contribution in [0.4, 0.5) is 0 Å². The van der Waals surface area contributed by atoms with Crippen LogP contribution in [0.15, 0.2) is 24.5 Å². The third kappa shape index (κ3) is 16.1. The van der Waals surface area contributed by atoms with E-state index in [1.165, 1.54) is 0 Å². The van der Waals surface area contributed by atoms with Crippen molar-refractivity contribution in [3.8, 4) is 0 Å². The van der Waals surface area contributed by atoms with Crippen molar-refractivity contribution in [3.63, 3.8) is 0 Å². The second kappa shape index (κ2) is 16.4. The second-order valence-corrected chi connectivity index (χ2v) is 10.8. The average Bonchev–Trinajstić information content (AvgIpc) is 3.27. The van der Waals surface area contributed by atoms with Gasteiger partial charge < -0.3 is 9.53 Å². The molecule has 2 nitrogen and oxygen atoms in total. The Kier molecular flexibility index (Phi) is 17.9. The van der Waals surface area contributed by atoms with Gasteiger partial charge >= 0.3 is 21.7 Å². The van der Waals surface area contributed by atoms with Crippen LogP contribution in [0.25, 0.3) is 0 Å². The molecule has 0 aromatic rings. The third-order valence-electron chi connectivity index (χ3n) is 3.02. The van der Waals surface area contributed by atoms with Crippen molar-refractivity contribution in [2.24, 2.45) is 5.92 Å². The molecule has 2 atom stereocenters. The molecule has 2 rings (SSSR count). The van der Waals surface area contributed by atoms with Gasteiger partial charge in [-0.3, -0.25) is 0 Å². The maximum Gasteiger partial charge on any atom is 2.00 e. The smallest absolute Gasteiger partial charge is 0.547 e. The summed E-state index contributed by atoms with van der Waals surface area (Å²) in [6.45, 7) is 13.8. The van der Waals surface area contributed by atoms with Gasteiger partial charge in [0.05, 0.1) is 11.9 Å². The largest absolute Gasteiger partial charge is 2.00 e. The summed E-state index contributed by atoms with van der Waals surface area (Å²) in [7, 11) is -1.58. The van der Waals surface area contributed by atoms with Gasteiger partial charge in [-0.1, -0.05) is 19.1 Å². The standard InChI is InChI=1S/C11H22O2Si.2C5H5.Ti/c1-7-10(12)9(3)11(8-2)13-14(4,5)6;2*1-2-4-5-3-1;/h7-10,12H,1H2,2-6H3;2*1-5H;/q;;;+2/b11-8-;;;/t9-,10-;;;/m0.../s1. The molecule has 0 amide bonds. The van der Waals surface area contributed by atoms with E-state index in [-0.39, 0.29) is 27.6 Å². The summed E-state index contributed by atoms with van der Waals surface area (Å²) < 4.78 is 5.86. The van der Waals surface area contributed by atoms with E-state index in [9.17, 15) is 5.11 Å². The van der Waals surface area contributed by atoms with Crippen molar-refractivity contribution in [1.82, 2.24) is 0 Å². The maximum absolute atomic E-state index is 9.60. The summed E-state index contributed by atoms with van der Waals surface area (Å²) in [5.41, 5.74) is 0. The SMILES string of the molecule is C=C[C@H](O)[C@H](C)/C(=C/C)O[Si](C)(C)C.[CH]1[CH][CH][CH][CH]1.[CH]1[CH][CH][CH][CH]1.[Ti+2]. The molecular formula is C21H32O2SiTi+2. The molecule has 1 N–H and O–H groups in total. The van der Waals surface area contributed by atoms with Crippen molar-refractivity contribution in [2.75, 3.05) is 0 Å². The first kappa shape index (κ1) is 27.4. The molecule has 2 aliphatic rings. The van der Waals surface area contributed by atoms with Gasteiger partial charge in [-0.05, 0) is 90.8 Å². The number of allylic oxidation sites excluding steroid dienone is 1. The molecule has 10 radical (unpaired) electrons. The Morgan fingerprint density at radius 3 is 1.44 bits per heavy atom. The van der Waals surface area contributed by atoms with E-state index in [1.807, 2.05) is 84.1 Å². The molecule has 0 spiro atoms. The quantitative estimate of drug-likeness (QED) is 0.407. The molecule has 2 fully saturated rings.